The summed E-state index contributed by atoms with van der Waals surface area (Å²) in [5.41, 5.74) is 3.40. The minimum atomic E-state index is -0.531. The van der Waals surface area contributed by atoms with E-state index in [0.717, 1.165) is 39.6 Å². The fourth-order valence-corrected chi connectivity index (χ4v) is 5.70. The van der Waals surface area contributed by atoms with Crippen LogP contribution in [0.25, 0.3) is 5.00 Å². The van der Waals surface area contributed by atoms with E-state index in [1.54, 1.807) is 11.3 Å². The lowest BCUT2D eigenvalue weighted by Gasteiger charge is -2.19. The lowest BCUT2D eigenvalue weighted by atomic mass is 9.99. The van der Waals surface area contributed by atoms with Crippen molar-refractivity contribution < 1.29 is 14.3 Å². The molecule has 3 heterocycles. The van der Waals surface area contributed by atoms with Gasteiger partial charge in [0.15, 0.2) is 5.82 Å². The van der Waals surface area contributed by atoms with Crippen LogP contribution >= 0.6 is 22.9 Å². The highest BCUT2D eigenvalue weighted by molar-refractivity contribution is 7.15. The van der Waals surface area contributed by atoms with E-state index in [0.29, 0.717) is 30.4 Å². The highest BCUT2D eigenvalue weighted by atomic mass is 35.5. The number of carbonyl (C=O) groups is 2. The molecule has 11 heteroatoms. The second-order valence-electron chi connectivity index (χ2n) is 10.6. The first kappa shape index (κ1) is 28.8. The summed E-state index contributed by atoms with van der Waals surface area (Å²) < 4.78 is 7.27. The van der Waals surface area contributed by atoms with Gasteiger partial charge in [0.25, 0.3) is 0 Å². The molecule has 0 aliphatic carbocycles. The van der Waals surface area contributed by atoms with Crippen molar-refractivity contribution >= 4 is 40.6 Å². The first-order valence-corrected chi connectivity index (χ1v) is 14.2. The van der Waals surface area contributed by atoms with Gasteiger partial charge in [-0.2, -0.15) is 0 Å². The molecule has 1 aliphatic heterocycles. The summed E-state index contributed by atoms with van der Waals surface area (Å²) in [7, 11) is 0. The molecule has 0 saturated heterocycles. The van der Waals surface area contributed by atoms with Crippen LogP contribution < -0.4 is 10.6 Å². The number of nitrogens with zero attached hydrogens (tertiary/aromatic N) is 4. The number of halogens is 1. The number of amides is 2. The molecule has 208 valence electrons. The van der Waals surface area contributed by atoms with Gasteiger partial charge >= 0.3 is 6.09 Å². The Hall–Kier alpha value is -3.24. The van der Waals surface area contributed by atoms with Crippen LogP contribution in [0.2, 0.25) is 5.02 Å². The molecule has 39 heavy (non-hydrogen) atoms. The van der Waals surface area contributed by atoms with Gasteiger partial charge in [-0.25, -0.2) is 4.79 Å². The molecule has 0 saturated carbocycles. The number of hydrogen-bond donors (Lipinski definition) is 2. The molecular formula is C28H35ClN6O3S. The third-order valence-electron chi connectivity index (χ3n) is 6.33. The Morgan fingerprint density at radius 2 is 1.72 bits per heavy atom. The summed E-state index contributed by atoms with van der Waals surface area (Å²) in [6, 6.07) is 7.11. The van der Waals surface area contributed by atoms with Crippen LogP contribution in [0.4, 0.5) is 4.79 Å². The Kier molecular flexibility index (Phi) is 8.76. The Morgan fingerprint density at radius 3 is 2.38 bits per heavy atom. The van der Waals surface area contributed by atoms with Gasteiger partial charge in [0.1, 0.15) is 22.5 Å². The Labute approximate surface area is 238 Å². The fraction of sp³-hybridized carbons (Fsp3) is 0.464. The number of unbranched alkanes of at least 4 members (excludes halogenated alkanes) is 1. The molecule has 2 amide bonds. The van der Waals surface area contributed by atoms with E-state index in [1.807, 2.05) is 56.5 Å². The van der Waals surface area contributed by atoms with Crippen LogP contribution in [-0.4, -0.2) is 51.2 Å². The van der Waals surface area contributed by atoms with Gasteiger partial charge in [0.2, 0.25) is 5.91 Å². The number of aromatic nitrogens is 3. The number of nitrogens with one attached hydrogen (secondary N) is 2. The van der Waals surface area contributed by atoms with Crippen molar-refractivity contribution in [2.24, 2.45) is 4.99 Å². The number of ether oxygens (including phenoxy) is 1. The predicted molar refractivity (Wildman–Crippen MR) is 154 cm³/mol. The van der Waals surface area contributed by atoms with Crippen molar-refractivity contribution in [1.82, 2.24) is 25.4 Å². The standard InChI is InChI=1S/C28H35ClN6O3S/c1-16-17(2)39-26-23(16)24(19-9-11-20(29)12-10-19)32-21(25-34-33-18(3)35(25)26)15-22(36)30-13-7-8-14-31-27(37)38-28(4,5)6/h9-12,21H,7-8,13-15H2,1-6H3,(H,30,36)(H,31,37)/t21-/m0/s1. The quantitative estimate of drug-likeness (QED) is 0.342. The number of aryl methyl sites for hydroxylation is 2. The number of carbonyl (C=O) groups excluding carboxylic acids is 2. The fourth-order valence-electron chi connectivity index (χ4n) is 4.36. The summed E-state index contributed by atoms with van der Waals surface area (Å²) in [5.74, 6) is 1.28. The maximum Gasteiger partial charge on any atom is 0.407 e. The van der Waals surface area contributed by atoms with E-state index in [4.69, 9.17) is 21.3 Å². The monoisotopic (exact) mass is 570 g/mol. The van der Waals surface area contributed by atoms with Crippen LogP contribution in [-0.2, 0) is 9.53 Å². The van der Waals surface area contributed by atoms with Gasteiger partial charge in [-0.15, -0.1) is 21.5 Å². The Bertz CT molecular complexity index is 1390. The first-order chi connectivity index (χ1) is 18.4. The molecule has 2 aromatic heterocycles. The lowest BCUT2D eigenvalue weighted by molar-refractivity contribution is -0.121. The molecule has 0 fully saturated rings. The maximum absolute atomic E-state index is 13.0. The minimum Gasteiger partial charge on any atom is -0.444 e. The van der Waals surface area contributed by atoms with Crippen LogP contribution in [0.5, 0.6) is 0 Å². The molecule has 0 spiro atoms. The van der Waals surface area contributed by atoms with Crippen molar-refractivity contribution in [3.8, 4) is 5.00 Å². The SMILES string of the molecule is Cc1sc2c(c1C)C(c1ccc(Cl)cc1)=N[C@@H](CC(=O)NCCCCNC(=O)OC(C)(C)C)c1nnc(C)n1-2. The average Bonchev–Trinajstić information content (AvgIpc) is 3.33. The number of aliphatic imine (C=N–C) groups is 1. The van der Waals surface area contributed by atoms with E-state index >= 15 is 0 Å². The third kappa shape index (κ3) is 6.86. The summed E-state index contributed by atoms with van der Waals surface area (Å²) in [4.78, 5) is 31.1. The van der Waals surface area contributed by atoms with Gasteiger partial charge in [-0.05, 0) is 72.1 Å². The van der Waals surface area contributed by atoms with Crippen molar-refractivity contribution in [3.63, 3.8) is 0 Å². The Morgan fingerprint density at radius 1 is 1.05 bits per heavy atom. The molecule has 1 atom stereocenters. The summed E-state index contributed by atoms with van der Waals surface area (Å²) in [5, 5.41) is 16.2. The van der Waals surface area contributed by atoms with Crippen molar-refractivity contribution in [2.75, 3.05) is 13.1 Å². The maximum atomic E-state index is 13.0. The highest BCUT2D eigenvalue weighted by Crippen LogP contribution is 2.39. The van der Waals surface area contributed by atoms with Gasteiger partial charge < -0.3 is 15.4 Å². The molecule has 4 rings (SSSR count). The van der Waals surface area contributed by atoms with Crippen LogP contribution in [0, 0.1) is 20.8 Å². The second kappa shape index (κ2) is 11.9. The number of rotatable bonds is 8. The molecule has 0 unspecified atom stereocenters. The van der Waals surface area contributed by atoms with Gasteiger partial charge in [-0.3, -0.25) is 14.4 Å². The van der Waals surface area contributed by atoms with E-state index in [1.165, 1.54) is 4.88 Å². The van der Waals surface area contributed by atoms with Crippen molar-refractivity contribution in [1.29, 1.82) is 0 Å². The number of fused-ring (bicyclic) bond motifs is 3. The number of thiophene rings is 1. The van der Waals surface area contributed by atoms with Crippen molar-refractivity contribution in [3.05, 3.63) is 62.5 Å². The molecule has 1 aliphatic rings. The zero-order valence-corrected chi connectivity index (χ0v) is 24.8. The summed E-state index contributed by atoms with van der Waals surface area (Å²) in [6.45, 7) is 12.6. The zero-order chi connectivity index (χ0) is 28.3. The van der Waals surface area contributed by atoms with E-state index in [2.05, 4.69) is 34.7 Å². The second-order valence-corrected chi connectivity index (χ2v) is 12.2. The average molecular weight is 571 g/mol. The topological polar surface area (TPSA) is 110 Å². The minimum absolute atomic E-state index is 0.121. The van der Waals surface area contributed by atoms with Gasteiger partial charge in [0.05, 0.1) is 12.1 Å². The molecular weight excluding hydrogens is 536 g/mol. The third-order valence-corrected chi connectivity index (χ3v) is 7.77. The highest BCUT2D eigenvalue weighted by Gasteiger charge is 2.32. The normalized spacial score (nSPS) is 14.6. The smallest absolute Gasteiger partial charge is 0.407 e. The predicted octanol–water partition coefficient (Wildman–Crippen LogP) is 5.61. The summed E-state index contributed by atoms with van der Waals surface area (Å²) >= 11 is 7.85. The molecule has 2 N–H and O–H groups in total. The van der Waals surface area contributed by atoms with Gasteiger partial charge in [0, 0.05) is 34.1 Å². The molecule has 3 aromatic rings. The zero-order valence-electron chi connectivity index (χ0n) is 23.2. The van der Waals surface area contributed by atoms with Crippen molar-refractivity contribution in [2.45, 2.75) is 72.4 Å². The summed E-state index contributed by atoms with van der Waals surface area (Å²) in [6.07, 6.45) is 1.14. The molecule has 9 nitrogen and oxygen atoms in total. The Balaban J connectivity index is 1.48. The van der Waals surface area contributed by atoms with Crippen LogP contribution in [0.15, 0.2) is 29.3 Å². The van der Waals surface area contributed by atoms with E-state index in [9.17, 15) is 9.59 Å². The largest absolute Gasteiger partial charge is 0.444 e. The number of alkyl carbamates (subject to hydrolysis) is 1. The van der Waals surface area contributed by atoms with Crippen LogP contribution in [0.3, 0.4) is 0 Å². The van der Waals surface area contributed by atoms with E-state index in [-0.39, 0.29) is 12.3 Å². The molecule has 0 bridgehead atoms. The molecule has 0 radical (unpaired) electrons. The first-order valence-electron chi connectivity index (χ1n) is 13.0. The molecule has 1 aromatic carbocycles. The van der Waals surface area contributed by atoms with E-state index < -0.39 is 17.7 Å². The van der Waals surface area contributed by atoms with Gasteiger partial charge in [-0.1, -0.05) is 23.7 Å². The van der Waals surface area contributed by atoms with Crippen LogP contribution in [0.1, 0.15) is 79.3 Å². The number of hydrogen-bond acceptors (Lipinski definition) is 7. The number of benzene rings is 1. The lowest BCUT2D eigenvalue weighted by Crippen LogP contribution is -2.33.